The number of likely N-dealkylation sites (tertiary alicyclic amines) is 1. The van der Waals surface area contributed by atoms with Crippen LogP contribution in [0.4, 0.5) is 5.69 Å². The van der Waals surface area contributed by atoms with Crippen LogP contribution in [0, 0.1) is 12.8 Å². The minimum absolute atomic E-state index is 0.465. The third-order valence-electron chi connectivity index (χ3n) is 3.74. The highest BCUT2D eigenvalue weighted by molar-refractivity contribution is 7.80. The van der Waals surface area contributed by atoms with Gasteiger partial charge in [0.1, 0.15) is 4.99 Å². The zero-order valence-corrected chi connectivity index (χ0v) is 12.6. The van der Waals surface area contributed by atoms with Crippen LogP contribution in [0.1, 0.15) is 24.0 Å². The molecular weight excluding hydrogens is 254 g/mol. The summed E-state index contributed by atoms with van der Waals surface area (Å²) in [6.07, 6.45) is 2.59. The quantitative estimate of drug-likeness (QED) is 0.829. The predicted octanol–water partition coefficient (Wildman–Crippen LogP) is 2.38. The third-order valence-corrected chi connectivity index (χ3v) is 3.96. The summed E-state index contributed by atoms with van der Waals surface area (Å²) < 4.78 is 0. The van der Waals surface area contributed by atoms with Gasteiger partial charge in [-0.15, -0.1) is 0 Å². The molecule has 1 heterocycles. The molecule has 1 aliphatic heterocycles. The lowest BCUT2D eigenvalue weighted by Gasteiger charge is -2.30. The van der Waals surface area contributed by atoms with E-state index >= 15 is 0 Å². The van der Waals surface area contributed by atoms with E-state index in [-0.39, 0.29) is 0 Å². The Morgan fingerprint density at radius 2 is 2.32 bits per heavy atom. The standard InChI is InChI=1S/C15H23N3S/c1-11-5-6-14(13(8-11)15(16)19)17-9-12-4-3-7-18(2)10-12/h5-6,8,12,17H,3-4,7,9-10H2,1-2H3,(H2,16,19). The van der Waals surface area contributed by atoms with Crippen molar-refractivity contribution in [3.63, 3.8) is 0 Å². The number of aryl methyl sites for hydroxylation is 1. The number of hydrogen-bond acceptors (Lipinski definition) is 3. The van der Waals surface area contributed by atoms with Gasteiger partial charge in [-0.2, -0.15) is 0 Å². The summed E-state index contributed by atoms with van der Waals surface area (Å²) in [4.78, 5) is 2.87. The number of anilines is 1. The Bertz CT molecular complexity index is 459. The van der Waals surface area contributed by atoms with Crippen LogP contribution in [0.5, 0.6) is 0 Å². The Hall–Kier alpha value is -1.13. The highest BCUT2D eigenvalue weighted by Gasteiger charge is 2.17. The van der Waals surface area contributed by atoms with Crippen molar-refractivity contribution in [2.45, 2.75) is 19.8 Å². The molecule has 0 spiro atoms. The fourth-order valence-corrected chi connectivity index (χ4v) is 2.88. The van der Waals surface area contributed by atoms with Crippen molar-refractivity contribution < 1.29 is 0 Å². The molecule has 1 aliphatic rings. The van der Waals surface area contributed by atoms with Crippen molar-refractivity contribution in [3.05, 3.63) is 29.3 Å². The molecule has 3 N–H and O–H groups in total. The molecule has 4 heteroatoms. The second-order valence-electron chi connectivity index (χ2n) is 5.56. The largest absolute Gasteiger partial charge is 0.389 e. The van der Waals surface area contributed by atoms with E-state index in [1.165, 1.54) is 31.5 Å². The van der Waals surface area contributed by atoms with Crippen LogP contribution in [0.25, 0.3) is 0 Å². The Balaban J connectivity index is 2.01. The Kier molecular flexibility index (Phi) is 4.77. The van der Waals surface area contributed by atoms with E-state index in [9.17, 15) is 0 Å². The summed E-state index contributed by atoms with van der Waals surface area (Å²) in [5.74, 6) is 0.708. The molecule has 1 unspecified atom stereocenters. The Labute approximate surface area is 121 Å². The average molecular weight is 277 g/mol. The molecular formula is C15H23N3S. The molecule has 1 fully saturated rings. The van der Waals surface area contributed by atoms with Crippen molar-refractivity contribution in [1.29, 1.82) is 0 Å². The molecule has 1 saturated heterocycles. The smallest absolute Gasteiger partial charge is 0.106 e. The summed E-state index contributed by atoms with van der Waals surface area (Å²) >= 11 is 5.13. The molecule has 0 aromatic heterocycles. The number of nitrogens with zero attached hydrogens (tertiary/aromatic N) is 1. The van der Waals surface area contributed by atoms with Crippen LogP contribution in [0.2, 0.25) is 0 Å². The van der Waals surface area contributed by atoms with Crippen molar-refractivity contribution in [3.8, 4) is 0 Å². The number of benzene rings is 1. The van der Waals surface area contributed by atoms with Crippen LogP contribution >= 0.6 is 12.2 Å². The first kappa shape index (κ1) is 14.3. The highest BCUT2D eigenvalue weighted by Crippen LogP contribution is 2.20. The monoisotopic (exact) mass is 277 g/mol. The summed E-state index contributed by atoms with van der Waals surface area (Å²) in [5, 5.41) is 3.52. The number of nitrogens with two attached hydrogens (primary N) is 1. The van der Waals surface area contributed by atoms with Gasteiger partial charge in [-0.05, 0) is 51.4 Å². The van der Waals surface area contributed by atoms with Crippen LogP contribution in [0.15, 0.2) is 18.2 Å². The van der Waals surface area contributed by atoms with E-state index < -0.39 is 0 Å². The second-order valence-corrected chi connectivity index (χ2v) is 6.00. The maximum atomic E-state index is 5.80. The molecule has 0 saturated carbocycles. The fourth-order valence-electron chi connectivity index (χ4n) is 2.71. The van der Waals surface area contributed by atoms with Crippen molar-refractivity contribution in [1.82, 2.24) is 4.90 Å². The lowest BCUT2D eigenvalue weighted by molar-refractivity contribution is 0.217. The second kappa shape index (κ2) is 6.35. The van der Waals surface area contributed by atoms with Crippen molar-refractivity contribution in [2.24, 2.45) is 11.7 Å². The van der Waals surface area contributed by atoms with Gasteiger partial charge in [0.25, 0.3) is 0 Å². The van der Waals surface area contributed by atoms with E-state index in [4.69, 9.17) is 18.0 Å². The number of piperidine rings is 1. The van der Waals surface area contributed by atoms with E-state index in [2.05, 4.69) is 42.4 Å². The molecule has 2 rings (SSSR count). The van der Waals surface area contributed by atoms with E-state index in [1.807, 2.05) is 0 Å². The summed E-state index contributed by atoms with van der Waals surface area (Å²) in [7, 11) is 2.19. The number of hydrogen-bond donors (Lipinski definition) is 2. The first-order valence-corrected chi connectivity index (χ1v) is 7.30. The summed E-state index contributed by atoms with van der Waals surface area (Å²) in [6, 6.07) is 6.23. The van der Waals surface area contributed by atoms with Gasteiger partial charge in [-0.25, -0.2) is 0 Å². The lowest BCUT2D eigenvalue weighted by Crippen LogP contribution is -2.35. The number of thiocarbonyl (C=S) groups is 1. The predicted molar refractivity (Wildman–Crippen MR) is 85.8 cm³/mol. The summed E-state index contributed by atoms with van der Waals surface area (Å²) in [6.45, 7) is 5.44. The zero-order valence-electron chi connectivity index (χ0n) is 11.8. The molecule has 19 heavy (non-hydrogen) atoms. The molecule has 0 aliphatic carbocycles. The normalized spacial score (nSPS) is 20.2. The lowest BCUT2D eigenvalue weighted by atomic mass is 9.98. The van der Waals surface area contributed by atoms with E-state index in [1.54, 1.807) is 0 Å². The molecule has 3 nitrogen and oxygen atoms in total. The first-order valence-electron chi connectivity index (χ1n) is 6.89. The van der Waals surface area contributed by atoms with Gasteiger partial charge in [-0.1, -0.05) is 23.8 Å². The molecule has 1 aromatic rings. The van der Waals surface area contributed by atoms with Crippen LogP contribution in [-0.2, 0) is 0 Å². The van der Waals surface area contributed by atoms with Gasteiger partial charge < -0.3 is 16.0 Å². The van der Waals surface area contributed by atoms with Crippen LogP contribution in [-0.4, -0.2) is 36.6 Å². The van der Waals surface area contributed by atoms with Gasteiger partial charge in [0.15, 0.2) is 0 Å². The van der Waals surface area contributed by atoms with Crippen LogP contribution < -0.4 is 11.1 Å². The van der Waals surface area contributed by atoms with Gasteiger partial charge >= 0.3 is 0 Å². The molecule has 1 aromatic carbocycles. The SMILES string of the molecule is Cc1ccc(NCC2CCCN(C)C2)c(C(N)=S)c1. The minimum atomic E-state index is 0.465. The van der Waals surface area contributed by atoms with E-state index in [0.29, 0.717) is 10.9 Å². The molecule has 104 valence electrons. The maximum Gasteiger partial charge on any atom is 0.106 e. The molecule has 0 amide bonds. The van der Waals surface area contributed by atoms with Crippen molar-refractivity contribution >= 4 is 22.9 Å². The highest BCUT2D eigenvalue weighted by atomic mass is 32.1. The maximum absolute atomic E-state index is 5.80. The topological polar surface area (TPSA) is 41.3 Å². The first-order chi connectivity index (χ1) is 9.06. The Morgan fingerprint density at radius 1 is 1.53 bits per heavy atom. The molecule has 0 bridgehead atoms. The fraction of sp³-hybridized carbons (Fsp3) is 0.533. The number of rotatable bonds is 4. The zero-order chi connectivity index (χ0) is 13.8. The van der Waals surface area contributed by atoms with Gasteiger partial charge in [-0.3, -0.25) is 0 Å². The van der Waals surface area contributed by atoms with Gasteiger partial charge in [0, 0.05) is 24.3 Å². The third kappa shape index (κ3) is 3.91. The number of nitrogens with one attached hydrogen (secondary N) is 1. The average Bonchev–Trinajstić information content (AvgIpc) is 2.37. The van der Waals surface area contributed by atoms with Gasteiger partial charge in [0.05, 0.1) is 0 Å². The van der Waals surface area contributed by atoms with E-state index in [0.717, 1.165) is 17.8 Å². The molecule has 0 radical (unpaired) electrons. The van der Waals surface area contributed by atoms with Gasteiger partial charge in [0.2, 0.25) is 0 Å². The van der Waals surface area contributed by atoms with Crippen molar-refractivity contribution in [2.75, 3.05) is 32.0 Å². The molecule has 1 atom stereocenters. The Morgan fingerprint density at radius 3 is 3.00 bits per heavy atom. The summed E-state index contributed by atoms with van der Waals surface area (Å²) in [5.41, 5.74) is 9.00. The van der Waals surface area contributed by atoms with Crippen LogP contribution in [0.3, 0.4) is 0 Å². The minimum Gasteiger partial charge on any atom is -0.389 e.